The minimum absolute atomic E-state index is 0.154. The maximum absolute atomic E-state index is 12.7. The second kappa shape index (κ2) is 8.99. The Bertz CT molecular complexity index is 855. The summed E-state index contributed by atoms with van der Waals surface area (Å²) < 4.78 is 27.4. The van der Waals surface area contributed by atoms with Gasteiger partial charge in [0.2, 0.25) is 15.9 Å². The number of halogens is 2. The van der Waals surface area contributed by atoms with Gasteiger partial charge in [-0.05, 0) is 48.9 Å². The number of sulfonamides is 1. The summed E-state index contributed by atoms with van der Waals surface area (Å²) in [7, 11) is -3.73. The zero-order valence-corrected chi connectivity index (χ0v) is 17.6. The fraction of sp³-hybridized carbons (Fsp3) is 0.278. The van der Waals surface area contributed by atoms with Crippen molar-refractivity contribution in [3.05, 3.63) is 63.6 Å². The van der Waals surface area contributed by atoms with Crippen molar-refractivity contribution in [3.8, 4) is 0 Å². The van der Waals surface area contributed by atoms with Crippen LogP contribution in [0.15, 0.2) is 57.9 Å². The van der Waals surface area contributed by atoms with E-state index in [-0.39, 0.29) is 29.9 Å². The summed E-state index contributed by atoms with van der Waals surface area (Å²) in [5.74, 6) is -0.366. The summed E-state index contributed by atoms with van der Waals surface area (Å²) in [6.45, 7) is 3.49. The first-order valence-corrected chi connectivity index (χ1v) is 10.7. The molecule has 2 aromatic rings. The number of nitrogens with zero attached hydrogens (tertiary/aromatic N) is 1. The molecular formula is C18H20BrClN2O3S. The predicted octanol–water partition coefficient (Wildman–Crippen LogP) is 3.99. The highest BCUT2D eigenvalue weighted by Crippen LogP contribution is 2.19. The van der Waals surface area contributed by atoms with Gasteiger partial charge in [0.25, 0.3) is 0 Å². The van der Waals surface area contributed by atoms with Crippen molar-refractivity contribution < 1.29 is 13.2 Å². The summed E-state index contributed by atoms with van der Waals surface area (Å²) in [6, 6.07) is 13.2. The summed E-state index contributed by atoms with van der Waals surface area (Å²) in [6.07, 6.45) is 0. The van der Waals surface area contributed by atoms with Crippen molar-refractivity contribution in [1.82, 2.24) is 9.62 Å². The molecule has 0 heterocycles. The number of hydrogen-bond donors (Lipinski definition) is 1. The van der Waals surface area contributed by atoms with Gasteiger partial charge in [0, 0.05) is 16.0 Å². The fourth-order valence-corrected chi connectivity index (χ4v) is 4.20. The van der Waals surface area contributed by atoms with Crippen LogP contribution >= 0.6 is 27.5 Å². The fourth-order valence-electron chi connectivity index (χ4n) is 2.40. The van der Waals surface area contributed by atoms with Crippen LogP contribution in [0, 0.1) is 0 Å². The van der Waals surface area contributed by atoms with Crippen LogP contribution < -0.4 is 5.32 Å². The average Bonchev–Trinajstić information content (AvgIpc) is 2.60. The SMILES string of the molecule is CCN(CC(=O)NC(C)c1ccc(Cl)cc1)S(=O)(=O)c1ccc(Br)cc1. The zero-order chi connectivity index (χ0) is 19.3. The van der Waals surface area contributed by atoms with E-state index in [2.05, 4.69) is 21.2 Å². The lowest BCUT2D eigenvalue weighted by atomic mass is 10.1. The predicted molar refractivity (Wildman–Crippen MR) is 107 cm³/mol. The lowest BCUT2D eigenvalue weighted by molar-refractivity contribution is -0.121. The highest BCUT2D eigenvalue weighted by molar-refractivity contribution is 9.10. The van der Waals surface area contributed by atoms with Gasteiger partial charge in [-0.15, -0.1) is 0 Å². The third-order valence-electron chi connectivity index (χ3n) is 3.87. The molecule has 0 aliphatic carbocycles. The van der Waals surface area contributed by atoms with Crippen LogP contribution in [-0.4, -0.2) is 31.7 Å². The topological polar surface area (TPSA) is 66.5 Å². The molecule has 26 heavy (non-hydrogen) atoms. The second-order valence-electron chi connectivity index (χ2n) is 5.73. The smallest absolute Gasteiger partial charge is 0.243 e. The van der Waals surface area contributed by atoms with Gasteiger partial charge >= 0.3 is 0 Å². The van der Waals surface area contributed by atoms with Crippen molar-refractivity contribution >= 4 is 43.5 Å². The maximum atomic E-state index is 12.7. The van der Waals surface area contributed by atoms with Crippen molar-refractivity contribution in [2.75, 3.05) is 13.1 Å². The van der Waals surface area contributed by atoms with Crippen LogP contribution in [0.4, 0.5) is 0 Å². The molecule has 1 N–H and O–H groups in total. The molecule has 0 bridgehead atoms. The van der Waals surface area contributed by atoms with Crippen molar-refractivity contribution in [2.24, 2.45) is 0 Å². The summed E-state index contributed by atoms with van der Waals surface area (Å²) in [5.41, 5.74) is 0.890. The average molecular weight is 460 g/mol. The third kappa shape index (κ3) is 5.30. The molecule has 2 aromatic carbocycles. The van der Waals surface area contributed by atoms with Gasteiger partial charge in [-0.25, -0.2) is 8.42 Å². The van der Waals surface area contributed by atoms with Crippen LogP contribution in [0.1, 0.15) is 25.5 Å². The Balaban J connectivity index is 2.07. The minimum atomic E-state index is -3.73. The van der Waals surface area contributed by atoms with Gasteiger partial charge in [0.05, 0.1) is 17.5 Å². The van der Waals surface area contributed by atoms with E-state index in [1.807, 2.05) is 19.1 Å². The van der Waals surface area contributed by atoms with E-state index in [1.165, 1.54) is 12.1 Å². The van der Waals surface area contributed by atoms with E-state index in [0.717, 1.165) is 14.3 Å². The van der Waals surface area contributed by atoms with Crippen molar-refractivity contribution in [1.29, 1.82) is 0 Å². The molecule has 8 heteroatoms. The number of rotatable bonds is 7. The lowest BCUT2D eigenvalue weighted by Gasteiger charge is -2.22. The first-order chi connectivity index (χ1) is 12.2. The molecule has 5 nitrogen and oxygen atoms in total. The molecule has 0 fully saturated rings. The van der Waals surface area contributed by atoms with Gasteiger partial charge in [0.15, 0.2) is 0 Å². The van der Waals surface area contributed by atoms with E-state index >= 15 is 0 Å². The van der Waals surface area contributed by atoms with Gasteiger partial charge in [0.1, 0.15) is 0 Å². The summed E-state index contributed by atoms with van der Waals surface area (Å²) in [4.78, 5) is 12.5. The molecule has 1 unspecified atom stereocenters. The number of carbonyl (C=O) groups is 1. The van der Waals surface area contributed by atoms with E-state index in [4.69, 9.17) is 11.6 Å². The molecular weight excluding hydrogens is 440 g/mol. The first kappa shape index (κ1) is 20.9. The van der Waals surface area contributed by atoms with Crippen molar-refractivity contribution in [3.63, 3.8) is 0 Å². The zero-order valence-electron chi connectivity index (χ0n) is 14.4. The summed E-state index contributed by atoms with van der Waals surface area (Å²) in [5, 5.41) is 3.43. The summed E-state index contributed by atoms with van der Waals surface area (Å²) >= 11 is 9.14. The lowest BCUT2D eigenvalue weighted by Crippen LogP contribution is -2.41. The molecule has 0 spiro atoms. The Morgan fingerprint density at radius 2 is 1.73 bits per heavy atom. The van der Waals surface area contributed by atoms with E-state index in [0.29, 0.717) is 5.02 Å². The number of benzene rings is 2. The molecule has 0 aromatic heterocycles. The van der Waals surface area contributed by atoms with E-state index in [1.54, 1.807) is 31.2 Å². The molecule has 0 saturated carbocycles. The number of amides is 1. The standard InChI is InChI=1S/C18H20BrClN2O3S/c1-3-22(26(24,25)17-10-6-15(19)7-11-17)12-18(23)21-13(2)14-4-8-16(20)9-5-14/h4-11,13H,3,12H2,1-2H3,(H,21,23). The molecule has 0 aliphatic rings. The highest BCUT2D eigenvalue weighted by Gasteiger charge is 2.25. The monoisotopic (exact) mass is 458 g/mol. The molecule has 0 aliphatic heterocycles. The Hall–Kier alpha value is -1.41. The normalized spacial score (nSPS) is 12.8. The molecule has 140 valence electrons. The maximum Gasteiger partial charge on any atom is 0.243 e. The van der Waals surface area contributed by atoms with Crippen LogP contribution in [-0.2, 0) is 14.8 Å². The van der Waals surface area contributed by atoms with Crippen LogP contribution in [0.2, 0.25) is 5.02 Å². The Morgan fingerprint density at radius 3 is 2.27 bits per heavy atom. The third-order valence-corrected chi connectivity index (χ3v) is 6.59. The van der Waals surface area contributed by atoms with Crippen LogP contribution in [0.25, 0.3) is 0 Å². The first-order valence-electron chi connectivity index (χ1n) is 8.04. The van der Waals surface area contributed by atoms with E-state index < -0.39 is 10.0 Å². The second-order valence-corrected chi connectivity index (χ2v) is 9.02. The largest absolute Gasteiger partial charge is 0.348 e. The molecule has 0 saturated heterocycles. The molecule has 1 atom stereocenters. The number of carbonyl (C=O) groups excluding carboxylic acids is 1. The van der Waals surface area contributed by atoms with Gasteiger partial charge in [-0.3, -0.25) is 4.79 Å². The van der Waals surface area contributed by atoms with Crippen molar-refractivity contribution in [2.45, 2.75) is 24.8 Å². The minimum Gasteiger partial charge on any atom is -0.348 e. The number of hydrogen-bond acceptors (Lipinski definition) is 3. The quantitative estimate of drug-likeness (QED) is 0.681. The van der Waals surface area contributed by atoms with Gasteiger partial charge in [-0.1, -0.05) is 46.6 Å². The Kier molecular flexibility index (Phi) is 7.23. The molecule has 1 amide bonds. The number of likely N-dealkylation sites (N-methyl/N-ethyl adjacent to an activating group) is 1. The Morgan fingerprint density at radius 1 is 1.15 bits per heavy atom. The van der Waals surface area contributed by atoms with Gasteiger partial charge < -0.3 is 5.32 Å². The van der Waals surface area contributed by atoms with Crippen LogP contribution in [0.5, 0.6) is 0 Å². The molecule has 2 rings (SSSR count). The molecule has 0 radical (unpaired) electrons. The Labute approximate surface area is 167 Å². The van der Waals surface area contributed by atoms with Crippen LogP contribution in [0.3, 0.4) is 0 Å². The van der Waals surface area contributed by atoms with Gasteiger partial charge in [-0.2, -0.15) is 4.31 Å². The highest BCUT2D eigenvalue weighted by atomic mass is 79.9. The van der Waals surface area contributed by atoms with E-state index in [9.17, 15) is 13.2 Å². The number of nitrogens with one attached hydrogen (secondary N) is 1.